The molecule has 1 aromatic rings. The van der Waals surface area contributed by atoms with Crippen LogP contribution < -0.4 is 5.32 Å². The van der Waals surface area contributed by atoms with Crippen LogP contribution in [-0.2, 0) is 6.54 Å². The first-order chi connectivity index (χ1) is 7.09. The number of halogens is 1. The van der Waals surface area contributed by atoms with E-state index < -0.39 is 0 Å². The molecule has 1 unspecified atom stereocenters. The van der Waals surface area contributed by atoms with Gasteiger partial charge in [-0.1, -0.05) is 25.4 Å². The molecule has 0 bridgehead atoms. The van der Waals surface area contributed by atoms with Crippen molar-refractivity contribution in [3.05, 3.63) is 29.0 Å². The van der Waals surface area contributed by atoms with Gasteiger partial charge in [0.2, 0.25) is 0 Å². The Morgan fingerprint density at radius 1 is 1.60 bits per heavy atom. The van der Waals surface area contributed by atoms with Crippen LogP contribution in [0.25, 0.3) is 0 Å². The van der Waals surface area contributed by atoms with Gasteiger partial charge in [0.25, 0.3) is 0 Å². The molecule has 82 valence electrons. The molecule has 3 heteroatoms. The maximum atomic E-state index is 6.01. The molecular formula is C12H17ClN2. The van der Waals surface area contributed by atoms with E-state index in [-0.39, 0.29) is 0 Å². The number of nitrogens with zero attached hydrogens (tertiary/aromatic N) is 1. The Labute approximate surface area is 96.1 Å². The fourth-order valence-electron chi connectivity index (χ4n) is 1.85. The Morgan fingerprint density at radius 2 is 2.33 bits per heavy atom. The van der Waals surface area contributed by atoms with Gasteiger partial charge in [-0.05, 0) is 35.9 Å². The van der Waals surface area contributed by atoms with Crippen molar-refractivity contribution in [1.82, 2.24) is 10.3 Å². The molecule has 15 heavy (non-hydrogen) atoms. The summed E-state index contributed by atoms with van der Waals surface area (Å²) in [5.41, 5.74) is 1.68. The van der Waals surface area contributed by atoms with E-state index in [1.54, 1.807) is 12.4 Å². The van der Waals surface area contributed by atoms with E-state index in [9.17, 15) is 0 Å². The number of aromatic nitrogens is 1. The predicted molar refractivity (Wildman–Crippen MR) is 62.8 cm³/mol. The monoisotopic (exact) mass is 224 g/mol. The summed E-state index contributed by atoms with van der Waals surface area (Å²) >= 11 is 6.01. The summed E-state index contributed by atoms with van der Waals surface area (Å²) in [6.07, 6.45) is 4.81. The molecule has 2 nitrogen and oxygen atoms in total. The molecule has 1 fully saturated rings. The molecular weight excluding hydrogens is 208 g/mol. The highest BCUT2D eigenvalue weighted by Crippen LogP contribution is 2.50. The first kappa shape index (κ1) is 10.9. The number of hydrogen-bond acceptors (Lipinski definition) is 2. The van der Waals surface area contributed by atoms with E-state index in [1.807, 2.05) is 6.07 Å². The molecule has 1 atom stereocenters. The molecule has 0 radical (unpaired) electrons. The van der Waals surface area contributed by atoms with Gasteiger partial charge in [0.15, 0.2) is 0 Å². The van der Waals surface area contributed by atoms with Crippen molar-refractivity contribution in [3.8, 4) is 0 Å². The molecule has 1 aromatic heterocycles. The zero-order chi connectivity index (χ0) is 10.9. The minimum atomic E-state index is 0.551. The van der Waals surface area contributed by atoms with Gasteiger partial charge in [-0.15, -0.1) is 0 Å². The lowest BCUT2D eigenvalue weighted by atomic mass is 10.1. The summed E-state index contributed by atoms with van der Waals surface area (Å²) in [6.45, 7) is 6.57. The highest BCUT2D eigenvalue weighted by molar-refractivity contribution is 6.31. The fraction of sp³-hybridized carbons (Fsp3) is 0.583. The van der Waals surface area contributed by atoms with Crippen LogP contribution in [0.4, 0.5) is 0 Å². The third kappa shape index (κ3) is 2.70. The summed E-state index contributed by atoms with van der Waals surface area (Å²) in [5.74, 6) is 0.832. The molecule has 0 spiro atoms. The van der Waals surface area contributed by atoms with E-state index in [0.29, 0.717) is 5.41 Å². The van der Waals surface area contributed by atoms with Crippen LogP contribution in [0.1, 0.15) is 25.8 Å². The van der Waals surface area contributed by atoms with Crippen molar-refractivity contribution in [2.45, 2.75) is 26.8 Å². The van der Waals surface area contributed by atoms with E-state index in [2.05, 4.69) is 24.1 Å². The first-order valence-corrected chi connectivity index (χ1v) is 5.76. The van der Waals surface area contributed by atoms with Crippen molar-refractivity contribution in [3.63, 3.8) is 0 Å². The maximum absolute atomic E-state index is 6.01. The standard InChI is InChI=1S/C12H17ClN2/c1-12(2)5-10(12)7-15-6-9-3-4-14-8-11(9)13/h3-4,8,10,15H,5-7H2,1-2H3. The number of hydrogen-bond donors (Lipinski definition) is 1. The topological polar surface area (TPSA) is 24.9 Å². The number of pyridine rings is 1. The van der Waals surface area contributed by atoms with Gasteiger partial charge in [0.05, 0.1) is 5.02 Å². The highest BCUT2D eigenvalue weighted by Gasteiger charge is 2.44. The number of rotatable bonds is 4. The summed E-state index contributed by atoms with van der Waals surface area (Å²) in [5, 5.41) is 4.20. The number of nitrogens with one attached hydrogen (secondary N) is 1. The van der Waals surface area contributed by atoms with Crippen LogP contribution in [0.2, 0.25) is 5.02 Å². The second-order valence-corrected chi connectivity index (χ2v) is 5.39. The van der Waals surface area contributed by atoms with Gasteiger partial charge in [0.1, 0.15) is 0 Å². The maximum Gasteiger partial charge on any atom is 0.0634 e. The molecule has 1 heterocycles. The molecule has 0 saturated heterocycles. The molecule has 1 saturated carbocycles. The lowest BCUT2D eigenvalue weighted by Gasteiger charge is -2.07. The van der Waals surface area contributed by atoms with Crippen LogP contribution in [0.15, 0.2) is 18.5 Å². The lowest BCUT2D eigenvalue weighted by molar-refractivity contribution is 0.519. The fourth-order valence-corrected chi connectivity index (χ4v) is 2.04. The SMILES string of the molecule is CC1(C)CC1CNCc1ccncc1Cl. The molecule has 1 aliphatic carbocycles. The van der Waals surface area contributed by atoms with Gasteiger partial charge in [-0.3, -0.25) is 4.98 Å². The normalized spacial score (nSPS) is 22.7. The summed E-state index contributed by atoms with van der Waals surface area (Å²) in [7, 11) is 0. The summed E-state index contributed by atoms with van der Waals surface area (Å²) < 4.78 is 0. The minimum absolute atomic E-state index is 0.551. The second kappa shape index (κ2) is 4.11. The molecule has 1 N–H and O–H groups in total. The van der Waals surface area contributed by atoms with E-state index >= 15 is 0 Å². The van der Waals surface area contributed by atoms with Gasteiger partial charge >= 0.3 is 0 Å². The van der Waals surface area contributed by atoms with Gasteiger partial charge in [-0.2, -0.15) is 0 Å². The molecule has 0 aromatic carbocycles. The van der Waals surface area contributed by atoms with Crippen molar-refractivity contribution in [2.75, 3.05) is 6.54 Å². The molecule has 0 aliphatic heterocycles. The third-order valence-electron chi connectivity index (χ3n) is 3.28. The first-order valence-electron chi connectivity index (χ1n) is 5.39. The highest BCUT2D eigenvalue weighted by atomic mass is 35.5. The summed E-state index contributed by atoms with van der Waals surface area (Å²) in [4.78, 5) is 3.96. The van der Waals surface area contributed by atoms with E-state index in [0.717, 1.165) is 29.6 Å². The Kier molecular flexibility index (Phi) is 2.98. The van der Waals surface area contributed by atoms with Crippen molar-refractivity contribution in [1.29, 1.82) is 0 Å². The molecule has 2 rings (SSSR count). The quantitative estimate of drug-likeness (QED) is 0.851. The predicted octanol–water partition coefficient (Wildman–Crippen LogP) is 2.87. The Bertz CT molecular complexity index is 349. The van der Waals surface area contributed by atoms with Crippen molar-refractivity contribution >= 4 is 11.6 Å². The smallest absolute Gasteiger partial charge is 0.0634 e. The average molecular weight is 225 g/mol. The minimum Gasteiger partial charge on any atom is -0.312 e. The third-order valence-corrected chi connectivity index (χ3v) is 3.62. The van der Waals surface area contributed by atoms with Crippen molar-refractivity contribution < 1.29 is 0 Å². The van der Waals surface area contributed by atoms with E-state index in [4.69, 9.17) is 11.6 Å². The van der Waals surface area contributed by atoms with Crippen LogP contribution >= 0.6 is 11.6 Å². The Balaban J connectivity index is 1.77. The zero-order valence-corrected chi connectivity index (χ0v) is 10.0. The zero-order valence-electron chi connectivity index (χ0n) is 9.26. The Morgan fingerprint density at radius 3 is 2.93 bits per heavy atom. The van der Waals surface area contributed by atoms with Gasteiger partial charge < -0.3 is 5.32 Å². The van der Waals surface area contributed by atoms with Crippen molar-refractivity contribution in [2.24, 2.45) is 11.3 Å². The summed E-state index contributed by atoms with van der Waals surface area (Å²) in [6, 6.07) is 1.97. The Hall–Kier alpha value is -0.600. The van der Waals surface area contributed by atoms with Crippen LogP contribution in [0.3, 0.4) is 0 Å². The van der Waals surface area contributed by atoms with E-state index in [1.165, 1.54) is 6.42 Å². The van der Waals surface area contributed by atoms with Crippen LogP contribution in [0.5, 0.6) is 0 Å². The van der Waals surface area contributed by atoms with Gasteiger partial charge in [0, 0.05) is 18.9 Å². The molecule has 1 aliphatic rings. The molecule has 0 amide bonds. The van der Waals surface area contributed by atoms with Crippen LogP contribution in [-0.4, -0.2) is 11.5 Å². The largest absolute Gasteiger partial charge is 0.312 e. The average Bonchev–Trinajstić information content (AvgIpc) is 2.78. The lowest BCUT2D eigenvalue weighted by Crippen LogP contribution is -2.18. The van der Waals surface area contributed by atoms with Crippen LogP contribution in [0, 0.1) is 11.3 Å². The van der Waals surface area contributed by atoms with Gasteiger partial charge in [-0.25, -0.2) is 0 Å². The second-order valence-electron chi connectivity index (χ2n) is 4.99.